The number of hydrogen-bond donors (Lipinski definition) is 0. The fraction of sp³-hybridized carbons (Fsp3) is 0.444. The Kier molecular flexibility index (Phi) is 5.08. The SMILES string of the molecule is CC(C)c1ccc(C(=O)N2CCN(Cc3cncs3)CC2)cc1. The van der Waals surface area contributed by atoms with Gasteiger partial charge in [0.2, 0.25) is 0 Å². The minimum atomic E-state index is 0.151. The summed E-state index contributed by atoms with van der Waals surface area (Å²) in [5.74, 6) is 0.646. The molecule has 23 heavy (non-hydrogen) atoms. The van der Waals surface area contributed by atoms with E-state index in [-0.39, 0.29) is 5.91 Å². The number of piperazine rings is 1. The van der Waals surface area contributed by atoms with Gasteiger partial charge in [-0.2, -0.15) is 0 Å². The highest BCUT2D eigenvalue weighted by Gasteiger charge is 2.22. The van der Waals surface area contributed by atoms with Crippen LogP contribution < -0.4 is 0 Å². The topological polar surface area (TPSA) is 36.4 Å². The van der Waals surface area contributed by atoms with Crippen LogP contribution in [0.2, 0.25) is 0 Å². The van der Waals surface area contributed by atoms with Crippen molar-refractivity contribution in [3.8, 4) is 0 Å². The van der Waals surface area contributed by atoms with E-state index in [1.807, 2.05) is 28.7 Å². The lowest BCUT2D eigenvalue weighted by Crippen LogP contribution is -2.48. The summed E-state index contributed by atoms with van der Waals surface area (Å²) in [5, 5.41) is 0. The molecule has 0 N–H and O–H groups in total. The number of thiazole rings is 1. The first kappa shape index (κ1) is 16.1. The molecule has 122 valence electrons. The van der Waals surface area contributed by atoms with Gasteiger partial charge in [0.1, 0.15) is 0 Å². The van der Waals surface area contributed by atoms with Crippen LogP contribution in [0.5, 0.6) is 0 Å². The predicted molar refractivity (Wildman–Crippen MR) is 93.8 cm³/mol. The van der Waals surface area contributed by atoms with Crippen molar-refractivity contribution in [1.29, 1.82) is 0 Å². The molecule has 1 aliphatic heterocycles. The van der Waals surface area contributed by atoms with Crippen molar-refractivity contribution in [3.05, 3.63) is 52.0 Å². The van der Waals surface area contributed by atoms with E-state index in [0.29, 0.717) is 5.92 Å². The van der Waals surface area contributed by atoms with Crippen molar-refractivity contribution in [3.63, 3.8) is 0 Å². The summed E-state index contributed by atoms with van der Waals surface area (Å²) in [6.45, 7) is 8.71. The highest BCUT2D eigenvalue weighted by molar-refractivity contribution is 7.09. The summed E-state index contributed by atoms with van der Waals surface area (Å²) in [5.41, 5.74) is 3.94. The molecule has 0 unspecified atom stereocenters. The molecule has 0 saturated carbocycles. The third-order valence-electron chi connectivity index (χ3n) is 4.35. The van der Waals surface area contributed by atoms with Crippen LogP contribution in [0.15, 0.2) is 36.0 Å². The Bertz CT molecular complexity index is 629. The Labute approximate surface area is 141 Å². The number of benzene rings is 1. The van der Waals surface area contributed by atoms with E-state index >= 15 is 0 Å². The van der Waals surface area contributed by atoms with Gasteiger partial charge in [0.15, 0.2) is 0 Å². The maximum Gasteiger partial charge on any atom is 0.253 e. The second kappa shape index (κ2) is 7.23. The van der Waals surface area contributed by atoms with Crippen LogP contribution >= 0.6 is 11.3 Å². The minimum Gasteiger partial charge on any atom is -0.336 e. The van der Waals surface area contributed by atoms with Crippen LogP contribution in [0.25, 0.3) is 0 Å². The summed E-state index contributed by atoms with van der Waals surface area (Å²) >= 11 is 1.69. The van der Waals surface area contributed by atoms with Gasteiger partial charge in [-0.15, -0.1) is 11.3 Å². The lowest BCUT2D eigenvalue weighted by Gasteiger charge is -2.34. The van der Waals surface area contributed by atoms with E-state index in [1.165, 1.54) is 10.4 Å². The Hall–Kier alpha value is -1.72. The van der Waals surface area contributed by atoms with Crippen LogP contribution in [0.3, 0.4) is 0 Å². The van der Waals surface area contributed by atoms with E-state index in [0.717, 1.165) is 38.3 Å². The van der Waals surface area contributed by atoms with Gasteiger partial charge < -0.3 is 4.90 Å². The third kappa shape index (κ3) is 3.98. The number of rotatable bonds is 4. The zero-order chi connectivity index (χ0) is 16.2. The molecule has 4 nitrogen and oxygen atoms in total. The van der Waals surface area contributed by atoms with Crippen molar-refractivity contribution in [2.75, 3.05) is 26.2 Å². The first-order chi connectivity index (χ1) is 11.1. The third-order valence-corrected chi connectivity index (χ3v) is 5.11. The summed E-state index contributed by atoms with van der Waals surface area (Å²) < 4.78 is 0. The van der Waals surface area contributed by atoms with Gasteiger partial charge in [0.25, 0.3) is 5.91 Å². The van der Waals surface area contributed by atoms with E-state index in [2.05, 4.69) is 35.9 Å². The molecule has 2 heterocycles. The number of hydrogen-bond acceptors (Lipinski definition) is 4. The van der Waals surface area contributed by atoms with E-state index in [9.17, 15) is 4.79 Å². The second-order valence-electron chi connectivity index (χ2n) is 6.31. The van der Waals surface area contributed by atoms with E-state index in [4.69, 9.17) is 0 Å². The quantitative estimate of drug-likeness (QED) is 0.864. The van der Waals surface area contributed by atoms with Gasteiger partial charge in [-0.25, -0.2) is 0 Å². The Morgan fingerprint density at radius 1 is 1.17 bits per heavy atom. The number of carbonyl (C=O) groups is 1. The molecule has 3 rings (SSSR count). The van der Waals surface area contributed by atoms with E-state index < -0.39 is 0 Å². The van der Waals surface area contributed by atoms with Gasteiger partial charge >= 0.3 is 0 Å². The summed E-state index contributed by atoms with van der Waals surface area (Å²) in [7, 11) is 0. The fourth-order valence-electron chi connectivity index (χ4n) is 2.84. The summed E-state index contributed by atoms with van der Waals surface area (Å²) in [6.07, 6.45) is 1.93. The van der Waals surface area contributed by atoms with Gasteiger partial charge in [-0.1, -0.05) is 26.0 Å². The van der Waals surface area contributed by atoms with Crippen molar-refractivity contribution >= 4 is 17.2 Å². The van der Waals surface area contributed by atoms with Gasteiger partial charge in [0, 0.05) is 49.4 Å². The minimum absolute atomic E-state index is 0.151. The molecule has 1 fully saturated rings. The van der Waals surface area contributed by atoms with Gasteiger partial charge in [0.05, 0.1) is 5.51 Å². The maximum absolute atomic E-state index is 12.6. The van der Waals surface area contributed by atoms with Crippen molar-refractivity contribution in [2.45, 2.75) is 26.3 Å². The zero-order valence-corrected chi connectivity index (χ0v) is 14.6. The van der Waals surface area contributed by atoms with Crippen LogP contribution in [0.1, 0.15) is 40.6 Å². The summed E-state index contributed by atoms with van der Waals surface area (Å²) in [6, 6.07) is 8.05. The average Bonchev–Trinajstić information content (AvgIpc) is 3.08. The number of nitrogens with zero attached hydrogens (tertiary/aromatic N) is 3. The molecule has 0 aliphatic carbocycles. The highest BCUT2D eigenvalue weighted by Crippen LogP contribution is 2.17. The normalized spacial score (nSPS) is 16.0. The lowest BCUT2D eigenvalue weighted by molar-refractivity contribution is 0.0629. The molecular formula is C18H23N3OS. The Morgan fingerprint density at radius 2 is 1.87 bits per heavy atom. The fourth-order valence-corrected chi connectivity index (χ4v) is 3.48. The zero-order valence-electron chi connectivity index (χ0n) is 13.7. The molecule has 0 spiro atoms. The predicted octanol–water partition coefficient (Wildman–Crippen LogP) is 3.22. The standard InChI is InChI=1S/C18H23N3OS/c1-14(2)15-3-5-16(6-4-15)18(22)21-9-7-20(8-10-21)12-17-11-19-13-23-17/h3-6,11,13-14H,7-10,12H2,1-2H3. The number of carbonyl (C=O) groups excluding carboxylic acids is 1. The molecule has 1 amide bonds. The average molecular weight is 329 g/mol. The monoisotopic (exact) mass is 329 g/mol. The van der Waals surface area contributed by atoms with Crippen molar-refractivity contribution in [2.24, 2.45) is 0 Å². The highest BCUT2D eigenvalue weighted by atomic mass is 32.1. The number of amides is 1. The molecule has 1 saturated heterocycles. The van der Waals surface area contributed by atoms with Crippen LogP contribution in [0, 0.1) is 0 Å². The van der Waals surface area contributed by atoms with Crippen LogP contribution in [0.4, 0.5) is 0 Å². The summed E-state index contributed by atoms with van der Waals surface area (Å²) in [4.78, 5) is 22.4. The molecule has 5 heteroatoms. The number of aromatic nitrogens is 1. The smallest absolute Gasteiger partial charge is 0.253 e. The molecular weight excluding hydrogens is 306 g/mol. The van der Waals surface area contributed by atoms with Gasteiger partial charge in [-0.05, 0) is 23.6 Å². The Balaban J connectivity index is 1.55. The maximum atomic E-state index is 12.6. The molecule has 1 aliphatic rings. The first-order valence-electron chi connectivity index (χ1n) is 8.12. The first-order valence-corrected chi connectivity index (χ1v) is 9.00. The van der Waals surface area contributed by atoms with Crippen molar-refractivity contribution < 1.29 is 4.79 Å². The van der Waals surface area contributed by atoms with Gasteiger partial charge in [-0.3, -0.25) is 14.7 Å². The largest absolute Gasteiger partial charge is 0.336 e. The Morgan fingerprint density at radius 3 is 2.43 bits per heavy atom. The second-order valence-corrected chi connectivity index (χ2v) is 7.28. The van der Waals surface area contributed by atoms with Crippen molar-refractivity contribution in [1.82, 2.24) is 14.8 Å². The molecule has 1 aromatic carbocycles. The molecule has 0 bridgehead atoms. The van der Waals surface area contributed by atoms with Crippen LogP contribution in [-0.2, 0) is 6.54 Å². The molecule has 2 aromatic rings. The molecule has 0 atom stereocenters. The molecule has 1 aromatic heterocycles. The van der Waals surface area contributed by atoms with Crippen LogP contribution in [-0.4, -0.2) is 46.9 Å². The lowest BCUT2D eigenvalue weighted by atomic mass is 10.0. The molecule has 0 radical (unpaired) electrons. The van der Waals surface area contributed by atoms with E-state index in [1.54, 1.807) is 11.3 Å².